The Bertz CT molecular complexity index is 377. The number of nitrogens with one attached hydrogen (secondary N) is 2. The highest BCUT2D eigenvalue weighted by Gasteiger charge is 2.24. The van der Waals surface area contributed by atoms with Crippen molar-refractivity contribution in [2.24, 2.45) is 17.0 Å². The van der Waals surface area contributed by atoms with Crippen molar-refractivity contribution in [1.82, 2.24) is 4.98 Å². The number of anilines is 2. The molecule has 0 spiro atoms. The highest BCUT2D eigenvalue weighted by molar-refractivity contribution is 5.80. The lowest BCUT2D eigenvalue weighted by Gasteiger charge is -2.21. The van der Waals surface area contributed by atoms with Crippen LogP contribution < -0.4 is 22.3 Å². The van der Waals surface area contributed by atoms with Gasteiger partial charge >= 0.3 is 0 Å². The summed E-state index contributed by atoms with van der Waals surface area (Å²) >= 11 is 0. The summed E-state index contributed by atoms with van der Waals surface area (Å²) < 4.78 is 0. The summed E-state index contributed by atoms with van der Waals surface area (Å²) in [6, 6.07) is 5.34. The first-order valence-electron chi connectivity index (χ1n) is 4.93. The summed E-state index contributed by atoms with van der Waals surface area (Å²) in [4.78, 5) is 15.2. The molecule has 0 aromatic carbocycles. The number of amides is 1. The van der Waals surface area contributed by atoms with Gasteiger partial charge in [-0.25, -0.2) is 10.8 Å². The molecule has 0 saturated carbocycles. The first kappa shape index (κ1) is 12.3. The SMILES string of the molecule is CC(C)(CNc1cccc(NN)n1)C(N)=O. The second-order valence-corrected chi connectivity index (χ2v) is 4.15. The zero-order valence-electron chi connectivity index (χ0n) is 9.45. The highest BCUT2D eigenvalue weighted by atomic mass is 16.1. The van der Waals surface area contributed by atoms with E-state index in [4.69, 9.17) is 11.6 Å². The summed E-state index contributed by atoms with van der Waals surface area (Å²) in [5.74, 6) is 6.08. The van der Waals surface area contributed by atoms with Gasteiger partial charge in [-0.15, -0.1) is 0 Å². The first-order valence-corrected chi connectivity index (χ1v) is 4.93. The van der Waals surface area contributed by atoms with Crippen molar-refractivity contribution in [2.45, 2.75) is 13.8 Å². The molecule has 16 heavy (non-hydrogen) atoms. The molecule has 1 heterocycles. The van der Waals surface area contributed by atoms with Crippen LogP contribution in [-0.2, 0) is 4.79 Å². The number of nitrogens with zero attached hydrogens (tertiary/aromatic N) is 1. The van der Waals surface area contributed by atoms with Gasteiger partial charge in [0.25, 0.3) is 0 Å². The Morgan fingerprint density at radius 3 is 2.62 bits per heavy atom. The van der Waals surface area contributed by atoms with Gasteiger partial charge in [-0.1, -0.05) is 6.07 Å². The minimum atomic E-state index is -0.617. The molecule has 0 saturated heterocycles. The van der Waals surface area contributed by atoms with Gasteiger partial charge in [0.05, 0.1) is 5.41 Å². The zero-order chi connectivity index (χ0) is 12.2. The minimum Gasteiger partial charge on any atom is -0.369 e. The Morgan fingerprint density at radius 2 is 2.06 bits per heavy atom. The summed E-state index contributed by atoms with van der Waals surface area (Å²) in [6.45, 7) is 3.96. The van der Waals surface area contributed by atoms with E-state index in [0.29, 0.717) is 18.2 Å². The van der Waals surface area contributed by atoms with Crippen LogP contribution in [0.3, 0.4) is 0 Å². The standard InChI is InChI=1S/C10H17N5O/c1-10(2,9(11)16)6-13-7-4-3-5-8(14-7)15-12/h3-5H,6,12H2,1-2H3,(H2,11,16)(H2,13,14,15). The average Bonchev–Trinajstić information content (AvgIpc) is 2.26. The molecule has 0 unspecified atom stereocenters. The quantitative estimate of drug-likeness (QED) is 0.424. The van der Waals surface area contributed by atoms with Crippen LogP contribution in [0.25, 0.3) is 0 Å². The largest absolute Gasteiger partial charge is 0.369 e. The topological polar surface area (TPSA) is 106 Å². The van der Waals surface area contributed by atoms with Gasteiger partial charge < -0.3 is 16.5 Å². The molecule has 1 aromatic heterocycles. The van der Waals surface area contributed by atoms with Gasteiger partial charge in [0.2, 0.25) is 5.91 Å². The van der Waals surface area contributed by atoms with Crippen LogP contribution in [0.5, 0.6) is 0 Å². The monoisotopic (exact) mass is 223 g/mol. The first-order chi connectivity index (χ1) is 7.45. The molecule has 0 radical (unpaired) electrons. The molecule has 0 aliphatic heterocycles. The van der Waals surface area contributed by atoms with E-state index in [1.807, 2.05) is 6.07 Å². The lowest BCUT2D eigenvalue weighted by molar-refractivity contribution is -0.125. The van der Waals surface area contributed by atoms with Crippen LogP contribution in [0, 0.1) is 5.41 Å². The minimum absolute atomic E-state index is 0.354. The molecule has 1 amide bonds. The Morgan fingerprint density at radius 1 is 1.44 bits per heavy atom. The van der Waals surface area contributed by atoms with Crippen molar-refractivity contribution >= 4 is 17.5 Å². The number of rotatable bonds is 5. The fourth-order valence-corrected chi connectivity index (χ4v) is 1.01. The van der Waals surface area contributed by atoms with Crippen LogP contribution in [0.4, 0.5) is 11.6 Å². The van der Waals surface area contributed by atoms with Crippen LogP contribution in [0.1, 0.15) is 13.8 Å². The van der Waals surface area contributed by atoms with E-state index >= 15 is 0 Å². The zero-order valence-corrected chi connectivity index (χ0v) is 9.45. The lowest BCUT2D eigenvalue weighted by atomic mass is 9.93. The molecule has 6 heteroatoms. The van der Waals surface area contributed by atoms with E-state index in [0.717, 1.165) is 0 Å². The van der Waals surface area contributed by atoms with E-state index < -0.39 is 5.41 Å². The summed E-state index contributed by atoms with van der Waals surface area (Å²) in [5, 5.41) is 3.03. The number of carbonyl (C=O) groups is 1. The summed E-state index contributed by atoms with van der Waals surface area (Å²) in [6.07, 6.45) is 0. The van der Waals surface area contributed by atoms with Crippen LogP contribution in [0.15, 0.2) is 18.2 Å². The summed E-state index contributed by atoms with van der Waals surface area (Å²) in [5.41, 5.74) is 7.09. The second-order valence-electron chi connectivity index (χ2n) is 4.15. The van der Waals surface area contributed by atoms with Crippen molar-refractivity contribution in [3.63, 3.8) is 0 Å². The maximum Gasteiger partial charge on any atom is 0.224 e. The fraction of sp³-hybridized carbons (Fsp3) is 0.400. The van der Waals surface area contributed by atoms with Gasteiger partial charge in [0.1, 0.15) is 11.6 Å². The third-order valence-corrected chi connectivity index (χ3v) is 2.28. The lowest BCUT2D eigenvalue weighted by Crippen LogP contribution is -2.37. The smallest absolute Gasteiger partial charge is 0.224 e. The fourth-order valence-electron chi connectivity index (χ4n) is 1.01. The van der Waals surface area contributed by atoms with E-state index in [-0.39, 0.29) is 5.91 Å². The molecule has 1 aromatic rings. The molecule has 1 rings (SSSR count). The Hall–Kier alpha value is -1.82. The molecular formula is C10H17N5O. The molecule has 88 valence electrons. The van der Waals surface area contributed by atoms with Crippen LogP contribution >= 0.6 is 0 Å². The van der Waals surface area contributed by atoms with Gasteiger partial charge in [-0.3, -0.25) is 4.79 Å². The van der Waals surface area contributed by atoms with Gasteiger partial charge in [-0.05, 0) is 26.0 Å². The average molecular weight is 223 g/mol. The number of nitrogen functional groups attached to an aromatic ring is 1. The Balaban J connectivity index is 2.64. The number of pyridine rings is 1. The predicted octanol–water partition coefficient (Wildman–Crippen LogP) is 0.291. The van der Waals surface area contributed by atoms with E-state index in [1.54, 1.807) is 26.0 Å². The number of hydrogen-bond acceptors (Lipinski definition) is 5. The van der Waals surface area contributed by atoms with Gasteiger partial charge in [-0.2, -0.15) is 0 Å². The Labute approximate surface area is 94.4 Å². The maximum atomic E-state index is 11.1. The van der Waals surface area contributed by atoms with E-state index in [2.05, 4.69) is 15.7 Å². The number of hydrogen-bond donors (Lipinski definition) is 4. The summed E-state index contributed by atoms with van der Waals surface area (Å²) in [7, 11) is 0. The number of primary amides is 1. The van der Waals surface area contributed by atoms with Gasteiger partial charge in [0, 0.05) is 6.54 Å². The number of aromatic nitrogens is 1. The molecule has 6 N–H and O–H groups in total. The van der Waals surface area contributed by atoms with Crippen molar-refractivity contribution in [2.75, 3.05) is 17.3 Å². The van der Waals surface area contributed by atoms with Crippen molar-refractivity contribution in [3.8, 4) is 0 Å². The highest BCUT2D eigenvalue weighted by Crippen LogP contribution is 2.15. The predicted molar refractivity (Wildman–Crippen MR) is 63.5 cm³/mol. The molecule has 0 bridgehead atoms. The normalized spacial score (nSPS) is 10.9. The van der Waals surface area contributed by atoms with Gasteiger partial charge in [0.15, 0.2) is 0 Å². The third kappa shape index (κ3) is 3.09. The van der Waals surface area contributed by atoms with Crippen molar-refractivity contribution < 1.29 is 4.79 Å². The van der Waals surface area contributed by atoms with Crippen LogP contribution in [-0.4, -0.2) is 17.4 Å². The second kappa shape index (κ2) is 4.80. The van der Waals surface area contributed by atoms with Crippen molar-refractivity contribution in [1.29, 1.82) is 0 Å². The maximum absolute atomic E-state index is 11.1. The molecule has 6 nitrogen and oxygen atoms in total. The molecule has 0 atom stereocenters. The third-order valence-electron chi connectivity index (χ3n) is 2.28. The Kier molecular flexibility index (Phi) is 3.68. The van der Waals surface area contributed by atoms with E-state index in [1.165, 1.54) is 0 Å². The molecule has 0 aliphatic carbocycles. The molecular weight excluding hydrogens is 206 g/mol. The molecule has 0 aliphatic rings. The molecule has 0 fully saturated rings. The van der Waals surface area contributed by atoms with E-state index in [9.17, 15) is 4.79 Å². The number of carbonyl (C=O) groups excluding carboxylic acids is 1. The number of nitrogens with two attached hydrogens (primary N) is 2. The van der Waals surface area contributed by atoms with Crippen molar-refractivity contribution in [3.05, 3.63) is 18.2 Å². The number of hydrazine groups is 1. The van der Waals surface area contributed by atoms with Crippen LogP contribution in [0.2, 0.25) is 0 Å².